The molecule has 0 saturated carbocycles. The van der Waals surface area contributed by atoms with E-state index in [1.807, 2.05) is 60.7 Å². The summed E-state index contributed by atoms with van der Waals surface area (Å²) in [5.41, 5.74) is 3.64. The summed E-state index contributed by atoms with van der Waals surface area (Å²) < 4.78 is 0. The molecule has 0 spiro atoms. The number of rotatable bonds is 12. The fourth-order valence-electron chi connectivity index (χ4n) is 4.77. The first-order chi connectivity index (χ1) is 22.5. The number of benzene rings is 5. The van der Waals surface area contributed by atoms with Gasteiger partial charge in [0.1, 0.15) is 23.6 Å². The molecule has 4 N–H and O–H groups in total. The Bertz CT molecular complexity index is 1690. The molecule has 5 aromatic rings. The van der Waals surface area contributed by atoms with Crippen LogP contribution in [0.1, 0.15) is 22.3 Å². The molecule has 5 aromatic carbocycles. The highest BCUT2D eigenvalue weighted by Gasteiger charge is 2.22. The first-order valence-electron chi connectivity index (χ1n) is 14.9. The van der Waals surface area contributed by atoms with Crippen molar-refractivity contribution in [3.63, 3.8) is 0 Å². The fraction of sp³-hybridized carbons (Fsp3) is 0.105. The number of aliphatic imine (C=N–C) groups is 2. The minimum atomic E-state index is -0.820. The minimum absolute atomic E-state index is 0.0633. The molecule has 0 aliphatic heterocycles. The molecule has 5 rings (SSSR count). The largest absolute Gasteiger partial charge is 0.507 e. The van der Waals surface area contributed by atoms with Crippen LogP contribution in [0, 0.1) is 0 Å². The summed E-state index contributed by atoms with van der Waals surface area (Å²) in [5.74, 6) is -0.631. The predicted molar refractivity (Wildman–Crippen MR) is 183 cm³/mol. The van der Waals surface area contributed by atoms with Gasteiger partial charge in [-0.1, -0.05) is 97.1 Å². The molecule has 8 heteroatoms. The Kier molecular flexibility index (Phi) is 10.7. The van der Waals surface area contributed by atoms with Crippen LogP contribution in [0.3, 0.4) is 0 Å². The second-order valence-corrected chi connectivity index (χ2v) is 10.6. The number of hydrogen-bond donors (Lipinski definition) is 4. The van der Waals surface area contributed by atoms with Gasteiger partial charge in [0.15, 0.2) is 0 Å². The Morgan fingerprint density at radius 1 is 0.522 bits per heavy atom. The van der Waals surface area contributed by atoms with Gasteiger partial charge in [-0.25, -0.2) is 0 Å². The maximum Gasteiger partial charge on any atom is 0.249 e. The van der Waals surface area contributed by atoms with E-state index < -0.39 is 12.1 Å². The van der Waals surface area contributed by atoms with Gasteiger partial charge in [-0.15, -0.1) is 0 Å². The highest BCUT2D eigenvalue weighted by Crippen LogP contribution is 2.24. The molecule has 46 heavy (non-hydrogen) atoms. The Balaban J connectivity index is 1.37. The summed E-state index contributed by atoms with van der Waals surface area (Å²) >= 11 is 0. The number of carbonyl (C=O) groups is 2. The monoisotopic (exact) mass is 610 g/mol. The number of anilines is 2. The number of nitrogens with zero attached hydrogens (tertiary/aromatic N) is 2. The summed E-state index contributed by atoms with van der Waals surface area (Å²) in [6.07, 6.45) is 3.64. The molecule has 2 amide bonds. The normalized spacial score (nSPS) is 12.5. The molecule has 0 fully saturated rings. The third kappa shape index (κ3) is 8.76. The predicted octanol–water partition coefficient (Wildman–Crippen LogP) is 6.44. The number of phenolic OH excluding ortho intramolecular Hbond substituents is 2. The third-order valence-corrected chi connectivity index (χ3v) is 7.25. The van der Waals surface area contributed by atoms with Crippen LogP contribution in [0.4, 0.5) is 11.4 Å². The summed E-state index contributed by atoms with van der Waals surface area (Å²) in [7, 11) is 0. The SMILES string of the molecule is O=C(Nc1ccccc1NC(=O)[C@H](Cc1ccccc1)N=Cc1ccccc1O)[C@H](Cc1ccccc1)N=Cc1ccccc1O. The molecule has 0 aromatic heterocycles. The second-order valence-electron chi connectivity index (χ2n) is 10.6. The number of hydrogen-bond acceptors (Lipinski definition) is 6. The lowest BCUT2D eigenvalue weighted by atomic mass is 10.0. The van der Waals surface area contributed by atoms with E-state index in [9.17, 15) is 19.8 Å². The number of nitrogens with one attached hydrogen (secondary N) is 2. The highest BCUT2D eigenvalue weighted by molar-refractivity contribution is 6.03. The van der Waals surface area contributed by atoms with Crippen molar-refractivity contribution >= 4 is 35.6 Å². The molecule has 2 atom stereocenters. The average Bonchev–Trinajstić information content (AvgIpc) is 3.08. The summed E-state index contributed by atoms with van der Waals surface area (Å²) in [6, 6.07) is 37.9. The quantitative estimate of drug-likeness (QED) is 0.122. The number of phenols is 2. The molecule has 0 radical (unpaired) electrons. The Morgan fingerprint density at radius 3 is 1.26 bits per heavy atom. The van der Waals surface area contributed by atoms with Crippen molar-refractivity contribution in [2.24, 2.45) is 9.98 Å². The molecule has 0 aliphatic rings. The van der Waals surface area contributed by atoms with E-state index in [1.165, 1.54) is 12.4 Å². The van der Waals surface area contributed by atoms with Crippen molar-refractivity contribution < 1.29 is 19.8 Å². The molecule has 0 bridgehead atoms. The van der Waals surface area contributed by atoms with Crippen LogP contribution in [0.5, 0.6) is 11.5 Å². The lowest BCUT2D eigenvalue weighted by Gasteiger charge is -2.18. The lowest BCUT2D eigenvalue weighted by Crippen LogP contribution is -2.31. The van der Waals surface area contributed by atoms with E-state index in [0.29, 0.717) is 35.3 Å². The second kappa shape index (κ2) is 15.6. The van der Waals surface area contributed by atoms with Gasteiger partial charge >= 0.3 is 0 Å². The van der Waals surface area contributed by atoms with Gasteiger partial charge < -0.3 is 20.8 Å². The maximum atomic E-state index is 13.7. The zero-order chi connectivity index (χ0) is 32.1. The highest BCUT2D eigenvalue weighted by atomic mass is 16.3. The molecule has 0 unspecified atom stereocenters. The van der Waals surface area contributed by atoms with Crippen LogP contribution in [-0.4, -0.2) is 46.5 Å². The van der Waals surface area contributed by atoms with Gasteiger partial charge in [-0.2, -0.15) is 0 Å². The molecule has 8 nitrogen and oxygen atoms in total. The van der Waals surface area contributed by atoms with Crippen LogP contribution in [0.2, 0.25) is 0 Å². The number of para-hydroxylation sites is 4. The van der Waals surface area contributed by atoms with Crippen molar-refractivity contribution in [3.8, 4) is 11.5 Å². The molecule has 0 aliphatic carbocycles. The summed E-state index contributed by atoms with van der Waals surface area (Å²) in [4.78, 5) is 36.5. The zero-order valence-corrected chi connectivity index (χ0v) is 25.0. The molecule has 0 heterocycles. The van der Waals surface area contributed by atoms with Gasteiger partial charge in [0, 0.05) is 36.4 Å². The van der Waals surface area contributed by atoms with E-state index in [0.717, 1.165) is 11.1 Å². The van der Waals surface area contributed by atoms with Gasteiger partial charge in [0.2, 0.25) is 11.8 Å². The first-order valence-corrected chi connectivity index (χ1v) is 14.9. The van der Waals surface area contributed by atoms with Gasteiger partial charge in [0.05, 0.1) is 11.4 Å². The number of aromatic hydroxyl groups is 2. The minimum Gasteiger partial charge on any atom is -0.507 e. The van der Waals surface area contributed by atoms with Crippen molar-refractivity contribution in [1.82, 2.24) is 0 Å². The van der Waals surface area contributed by atoms with Crippen LogP contribution in [0.15, 0.2) is 143 Å². The fourth-order valence-corrected chi connectivity index (χ4v) is 4.77. The van der Waals surface area contributed by atoms with Crippen LogP contribution < -0.4 is 10.6 Å². The zero-order valence-electron chi connectivity index (χ0n) is 25.0. The van der Waals surface area contributed by atoms with Gasteiger partial charge in [-0.3, -0.25) is 19.6 Å². The van der Waals surface area contributed by atoms with E-state index in [1.54, 1.807) is 72.8 Å². The van der Waals surface area contributed by atoms with Crippen LogP contribution >= 0.6 is 0 Å². The standard InChI is InChI=1S/C38H34N4O4/c43-35-21-11-7-17-29(35)25-39-33(23-27-13-3-1-4-14-27)37(45)41-31-19-9-10-20-32(31)42-38(46)34(24-28-15-5-2-6-16-28)40-26-30-18-8-12-22-36(30)44/h1-22,25-26,33-34,43-44H,23-24H2,(H,41,45)(H,42,46)/t33-,34-/m0/s1. The van der Waals surface area contributed by atoms with Gasteiger partial charge in [-0.05, 0) is 47.5 Å². The lowest BCUT2D eigenvalue weighted by molar-refractivity contribution is -0.118. The van der Waals surface area contributed by atoms with Gasteiger partial charge in [0.25, 0.3) is 0 Å². The summed E-state index contributed by atoms with van der Waals surface area (Å²) in [5, 5.41) is 26.3. The molecular weight excluding hydrogens is 576 g/mol. The number of amides is 2. The first kappa shape index (κ1) is 31.4. The van der Waals surface area contributed by atoms with Crippen molar-refractivity contribution in [3.05, 3.63) is 156 Å². The summed E-state index contributed by atoms with van der Waals surface area (Å²) in [6.45, 7) is 0. The molecular formula is C38H34N4O4. The molecule has 0 saturated heterocycles. The third-order valence-electron chi connectivity index (χ3n) is 7.25. The molecule has 230 valence electrons. The van der Waals surface area contributed by atoms with E-state index >= 15 is 0 Å². The van der Waals surface area contributed by atoms with Crippen molar-refractivity contribution in [2.45, 2.75) is 24.9 Å². The smallest absolute Gasteiger partial charge is 0.249 e. The van der Waals surface area contributed by atoms with Crippen LogP contribution in [-0.2, 0) is 22.4 Å². The topological polar surface area (TPSA) is 123 Å². The van der Waals surface area contributed by atoms with Crippen molar-refractivity contribution in [2.75, 3.05) is 10.6 Å². The maximum absolute atomic E-state index is 13.7. The van der Waals surface area contributed by atoms with Crippen molar-refractivity contribution in [1.29, 1.82) is 0 Å². The Morgan fingerprint density at radius 2 is 0.870 bits per heavy atom. The van der Waals surface area contributed by atoms with E-state index in [4.69, 9.17) is 0 Å². The van der Waals surface area contributed by atoms with E-state index in [2.05, 4.69) is 20.6 Å². The van der Waals surface area contributed by atoms with E-state index in [-0.39, 0.29) is 23.3 Å². The van der Waals surface area contributed by atoms with Crippen LogP contribution in [0.25, 0.3) is 0 Å². The number of carbonyl (C=O) groups excluding carboxylic acids is 2. The average molecular weight is 611 g/mol. The Hall–Kier alpha value is -6.02. The Labute approximate surface area is 267 Å².